The lowest BCUT2D eigenvalue weighted by molar-refractivity contribution is -0.146. The molecule has 0 aliphatic carbocycles. The van der Waals surface area contributed by atoms with Crippen molar-refractivity contribution in [1.29, 1.82) is 0 Å². The van der Waals surface area contributed by atoms with E-state index in [2.05, 4.69) is 0 Å². The molecule has 1 amide bonds. The fourth-order valence-electron chi connectivity index (χ4n) is 3.23. The van der Waals surface area contributed by atoms with Gasteiger partial charge >= 0.3 is 0 Å². The van der Waals surface area contributed by atoms with Crippen LogP contribution in [0.25, 0.3) is 0 Å². The third kappa shape index (κ3) is 3.27. The number of carbonyl (C=O) groups excluding carboxylic acids is 1. The summed E-state index contributed by atoms with van der Waals surface area (Å²) >= 11 is 0. The number of nitrogens with zero attached hydrogens (tertiary/aromatic N) is 2. The molecule has 4 heteroatoms. The topological polar surface area (TPSA) is 43.8 Å². The molecule has 1 aliphatic rings. The molecule has 0 spiro atoms. The standard InChI is InChI=1S/C17H26N2O2/c1-13-11-19(16(20)12-18(3)4)14(2)10-17(13,21)15-8-6-5-7-9-15/h5-9,13-14,21H,10-12H2,1-4H3. The molecule has 1 fully saturated rings. The molecule has 3 atom stereocenters. The molecular weight excluding hydrogens is 264 g/mol. The Morgan fingerprint density at radius 2 is 1.95 bits per heavy atom. The summed E-state index contributed by atoms with van der Waals surface area (Å²) in [5.41, 5.74) is 0.0966. The summed E-state index contributed by atoms with van der Waals surface area (Å²) in [4.78, 5) is 16.1. The van der Waals surface area contributed by atoms with Gasteiger partial charge in [0.1, 0.15) is 0 Å². The Labute approximate surface area is 127 Å². The van der Waals surface area contributed by atoms with Crippen LogP contribution in [0.4, 0.5) is 0 Å². The quantitative estimate of drug-likeness (QED) is 0.921. The van der Waals surface area contributed by atoms with Gasteiger partial charge in [0.25, 0.3) is 0 Å². The van der Waals surface area contributed by atoms with E-state index in [0.717, 1.165) is 5.56 Å². The summed E-state index contributed by atoms with van der Waals surface area (Å²) < 4.78 is 0. The van der Waals surface area contributed by atoms with E-state index in [1.165, 1.54) is 0 Å². The molecule has 1 heterocycles. The SMILES string of the molecule is CC1CC(O)(c2ccccc2)C(C)CN1C(=O)CN(C)C. The molecule has 1 aliphatic heterocycles. The third-order valence-corrected chi connectivity index (χ3v) is 4.47. The van der Waals surface area contributed by atoms with Gasteiger partial charge in [0, 0.05) is 24.9 Å². The van der Waals surface area contributed by atoms with Crippen molar-refractivity contribution in [1.82, 2.24) is 9.80 Å². The lowest BCUT2D eigenvalue weighted by Gasteiger charge is -2.47. The lowest BCUT2D eigenvalue weighted by atomic mass is 9.74. The fraction of sp³-hybridized carbons (Fsp3) is 0.588. The molecule has 1 N–H and O–H groups in total. The number of likely N-dealkylation sites (N-methyl/N-ethyl adjacent to an activating group) is 1. The Morgan fingerprint density at radius 1 is 1.33 bits per heavy atom. The van der Waals surface area contributed by atoms with E-state index in [9.17, 15) is 9.90 Å². The molecule has 0 aromatic heterocycles. The highest BCUT2D eigenvalue weighted by Crippen LogP contribution is 2.39. The second kappa shape index (κ2) is 6.16. The highest BCUT2D eigenvalue weighted by molar-refractivity contribution is 5.78. The van der Waals surface area contributed by atoms with Crippen LogP contribution >= 0.6 is 0 Å². The molecular formula is C17H26N2O2. The Morgan fingerprint density at radius 3 is 2.52 bits per heavy atom. The molecule has 21 heavy (non-hydrogen) atoms. The van der Waals surface area contributed by atoms with Crippen LogP contribution in [-0.2, 0) is 10.4 Å². The Hall–Kier alpha value is -1.39. The number of hydrogen-bond donors (Lipinski definition) is 1. The number of aliphatic hydroxyl groups is 1. The first kappa shape index (κ1) is 16.0. The molecule has 116 valence electrons. The van der Waals surface area contributed by atoms with Crippen LogP contribution in [0.3, 0.4) is 0 Å². The maximum absolute atomic E-state index is 12.3. The van der Waals surface area contributed by atoms with Gasteiger partial charge in [-0.3, -0.25) is 4.79 Å². The average Bonchev–Trinajstić information content (AvgIpc) is 2.43. The maximum atomic E-state index is 12.3. The zero-order chi connectivity index (χ0) is 15.6. The van der Waals surface area contributed by atoms with E-state index in [1.807, 2.05) is 68.1 Å². The number of benzene rings is 1. The van der Waals surface area contributed by atoms with E-state index in [0.29, 0.717) is 19.5 Å². The van der Waals surface area contributed by atoms with Crippen LogP contribution in [0, 0.1) is 5.92 Å². The van der Waals surface area contributed by atoms with Crippen molar-refractivity contribution in [2.24, 2.45) is 5.92 Å². The molecule has 0 saturated carbocycles. The van der Waals surface area contributed by atoms with Crippen molar-refractivity contribution in [2.45, 2.75) is 31.9 Å². The number of rotatable bonds is 3. The predicted molar refractivity (Wildman–Crippen MR) is 83.8 cm³/mol. The number of amides is 1. The molecule has 3 unspecified atom stereocenters. The highest BCUT2D eigenvalue weighted by atomic mass is 16.3. The molecule has 2 rings (SSSR count). The van der Waals surface area contributed by atoms with Crippen molar-refractivity contribution in [2.75, 3.05) is 27.2 Å². The smallest absolute Gasteiger partial charge is 0.236 e. The fourth-order valence-corrected chi connectivity index (χ4v) is 3.23. The average molecular weight is 290 g/mol. The lowest BCUT2D eigenvalue weighted by Crippen LogP contribution is -2.56. The predicted octanol–water partition coefficient (Wildman–Crippen LogP) is 1.69. The Kier molecular flexibility index (Phi) is 4.69. The summed E-state index contributed by atoms with van der Waals surface area (Å²) in [6, 6.07) is 9.85. The molecule has 0 radical (unpaired) electrons. The van der Waals surface area contributed by atoms with E-state index in [4.69, 9.17) is 0 Å². The van der Waals surface area contributed by atoms with E-state index < -0.39 is 5.60 Å². The maximum Gasteiger partial charge on any atom is 0.236 e. The molecule has 1 aromatic carbocycles. The minimum Gasteiger partial charge on any atom is -0.385 e. The number of piperidine rings is 1. The monoisotopic (exact) mass is 290 g/mol. The van der Waals surface area contributed by atoms with E-state index in [-0.39, 0.29) is 17.9 Å². The van der Waals surface area contributed by atoms with Crippen LogP contribution < -0.4 is 0 Å². The summed E-state index contributed by atoms with van der Waals surface area (Å²) in [7, 11) is 3.80. The summed E-state index contributed by atoms with van der Waals surface area (Å²) in [6.45, 7) is 5.06. The largest absolute Gasteiger partial charge is 0.385 e. The number of carbonyl (C=O) groups is 1. The normalized spacial score (nSPS) is 29.7. The van der Waals surface area contributed by atoms with Gasteiger partial charge in [0.05, 0.1) is 12.1 Å². The van der Waals surface area contributed by atoms with Crippen LogP contribution in [-0.4, -0.2) is 54.0 Å². The van der Waals surface area contributed by atoms with Gasteiger partial charge in [-0.1, -0.05) is 37.3 Å². The number of hydrogen-bond acceptors (Lipinski definition) is 3. The van der Waals surface area contributed by atoms with Gasteiger partial charge < -0.3 is 14.9 Å². The zero-order valence-electron chi connectivity index (χ0n) is 13.4. The zero-order valence-corrected chi connectivity index (χ0v) is 13.4. The van der Waals surface area contributed by atoms with Gasteiger partial charge in [-0.05, 0) is 26.6 Å². The first-order valence-corrected chi connectivity index (χ1v) is 7.56. The van der Waals surface area contributed by atoms with Crippen LogP contribution in [0.15, 0.2) is 30.3 Å². The van der Waals surface area contributed by atoms with Gasteiger partial charge in [0.2, 0.25) is 5.91 Å². The van der Waals surface area contributed by atoms with Crippen LogP contribution in [0.1, 0.15) is 25.8 Å². The molecule has 4 nitrogen and oxygen atoms in total. The third-order valence-electron chi connectivity index (χ3n) is 4.47. The van der Waals surface area contributed by atoms with Crippen LogP contribution in [0.5, 0.6) is 0 Å². The van der Waals surface area contributed by atoms with Gasteiger partial charge in [-0.2, -0.15) is 0 Å². The second-order valence-corrected chi connectivity index (χ2v) is 6.53. The Balaban J connectivity index is 2.17. The van der Waals surface area contributed by atoms with E-state index >= 15 is 0 Å². The minimum absolute atomic E-state index is 0.0159. The van der Waals surface area contributed by atoms with E-state index in [1.54, 1.807) is 0 Å². The minimum atomic E-state index is -0.852. The van der Waals surface area contributed by atoms with Gasteiger partial charge in [-0.25, -0.2) is 0 Å². The molecule has 1 aromatic rings. The Bertz CT molecular complexity index is 489. The molecule has 1 saturated heterocycles. The van der Waals surface area contributed by atoms with Crippen molar-refractivity contribution < 1.29 is 9.90 Å². The summed E-state index contributed by atoms with van der Waals surface area (Å²) in [5.74, 6) is 0.150. The summed E-state index contributed by atoms with van der Waals surface area (Å²) in [5, 5.41) is 11.1. The summed E-state index contributed by atoms with van der Waals surface area (Å²) in [6.07, 6.45) is 0.581. The first-order chi connectivity index (χ1) is 9.84. The number of likely N-dealkylation sites (tertiary alicyclic amines) is 1. The van der Waals surface area contributed by atoms with Crippen LogP contribution in [0.2, 0.25) is 0 Å². The van der Waals surface area contributed by atoms with Crippen molar-refractivity contribution in [3.05, 3.63) is 35.9 Å². The van der Waals surface area contributed by atoms with Crippen molar-refractivity contribution >= 4 is 5.91 Å². The van der Waals surface area contributed by atoms with Gasteiger partial charge in [-0.15, -0.1) is 0 Å². The first-order valence-electron chi connectivity index (χ1n) is 7.56. The van der Waals surface area contributed by atoms with Gasteiger partial charge in [0.15, 0.2) is 0 Å². The second-order valence-electron chi connectivity index (χ2n) is 6.53. The van der Waals surface area contributed by atoms with Crippen molar-refractivity contribution in [3.63, 3.8) is 0 Å². The highest BCUT2D eigenvalue weighted by Gasteiger charge is 2.44. The molecule has 0 bridgehead atoms. The van der Waals surface area contributed by atoms with Crippen molar-refractivity contribution in [3.8, 4) is 0 Å².